The molecule has 0 aromatic heterocycles. The highest BCUT2D eigenvalue weighted by Crippen LogP contribution is 2.01. The molecule has 4 N–H and O–H groups in total. The molecule has 0 aliphatic carbocycles. The van der Waals surface area contributed by atoms with Gasteiger partial charge in [0.2, 0.25) is 0 Å². The smallest absolute Gasteiger partial charge is 0.182 e. The normalized spacial score (nSPS) is 10.9. The van der Waals surface area contributed by atoms with Gasteiger partial charge in [0.15, 0.2) is 26.9 Å². The highest BCUT2D eigenvalue weighted by atomic mass is 28.3. The summed E-state index contributed by atoms with van der Waals surface area (Å²) in [6.07, 6.45) is 0. The van der Waals surface area contributed by atoms with Crippen molar-refractivity contribution in [2.45, 2.75) is 27.7 Å². The van der Waals surface area contributed by atoms with Crippen molar-refractivity contribution in [2.24, 2.45) is 0 Å². The van der Waals surface area contributed by atoms with Gasteiger partial charge in [0.05, 0.1) is 26.2 Å². The van der Waals surface area contributed by atoms with Crippen molar-refractivity contribution in [1.29, 1.82) is 0 Å². The summed E-state index contributed by atoms with van der Waals surface area (Å²) in [5.41, 5.74) is 0. The Labute approximate surface area is 134 Å². The zero-order valence-corrected chi connectivity index (χ0v) is 15.1. The summed E-state index contributed by atoms with van der Waals surface area (Å²) in [6.45, 7) is 11.1. The van der Waals surface area contributed by atoms with Gasteiger partial charge in [-0.05, 0) is 27.7 Å². The van der Waals surface area contributed by atoms with Crippen LogP contribution in [0.15, 0.2) is 0 Å². The maximum atomic E-state index is 8.79. The molecule has 0 saturated heterocycles. The Kier molecular flexibility index (Phi) is 18.3. The molecule has 0 spiro atoms. The number of rotatable bonds is 8. The van der Waals surface area contributed by atoms with Crippen LogP contribution in [0.3, 0.4) is 0 Å². The fourth-order valence-corrected chi connectivity index (χ4v) is 1.34. The van der Waals surface area contributed by atoms with E-state index < -0.39 is 9.17 Å². The Morgan fingerprint density at radius 3 is 0.818 bits per heavy atom. The second-order valence-electron chi connectivity index (χ2n) is 4.76. The van der Waals surface area contributed by atoms with Gasteiger partial charge in [0.25, 0.3) is 0 Å². The lowest BCUT2D eigenvalue weighted by Crippen LogP contribution is -2.48. The molecule has 10 heteroatoms. The summed E-state index contributed by atoms with van der Waals surface area (Å²) >= 11 is 0. The second-order valence-corrected chi connectivity index (χ2v) is 5.26. The highest BCUT2D eigenvalue weighted by Gasteiger charge is 2.19. The van der Waals surface area contributed by atoms with E-state index in [9.17, 15) is 0 Å². The van der Waals surface area contributed by atoms with E-state index in [4.69, 9.17) is 34.5 Å². The summed E-state index contributed by atoms with van der Waals surface area (Å²) in [7, 11) is -3.63. The van der Waals surface area contributed by atoms with Crippen LogP contribution in [0.5, 0.6) is 0 Å². The Bertz CT molecular complexity index is 203. The molecule has 0 fully saturated rings. The molecule has 0 aromatic carbocycles. The molecule has 0 bridgehead atoms. The molecular formula is C12H32N2O7Si. The van der Waals surface area contributed by atoms with Crippen LogP contribution in [0.2, 0.25) is 0 Å². The first-order valence-electron chi connectivity index (χ1n) is 7.24. The van der Waals surface area contributed by atoms with Crippen LogP contribution in [0, 0.1) is 0 Å². The predicted molar refractivity (Wildman–Crippen MR) is 77.5 cm³/mol. The largest absolute Gasteiger partial charge is 0.672 e. The number of hydrogen-bond donors (Lipinski definition) is 4. The standard InChI is InChI=1S/2C6H16NO2.O3Si/c2*1-3-7(4-2,5-8)6-9;1-4(2)3/h2*8-9H,3-6H2,1-2H3;/q2*+1;-2. The van der Waals surface area contributed by atoms with Gasteiger partial charge >= 0.3 is 0 Å². The monoisotopic (exact) mass is 344 g/mol. The molecule has 0 amide bonds. The van der Waals surface area contributed by atoms with Crippen LogP contribution >= 0.6 is 0 Å². The molecule has 0 radical (unpaired) electrons. The average molecular weight is 344 g/mol. The molecule has 22 heavy (non-hydrogen) atoms. The van der Waals surface area contributed by atoms with Crippen LogP contribution in [-0.4, -0.2) is 91.7 Å². The molecule has 9 nitrogen and oxygen atoms in total. The summed E-state index contributed by atoms with van der Waals surface area (Å²) in [5, 5.41) is 35.2. The predicted octanol–water partition coefficient (Wildman–Crippen LogP) is -3.39. The third kappa shape index (κ3) is 12.0. The van der Waals surface area contributed by atoms with E-state index in [1.165, 1.54) is 0 Å². The Morgan fingerprint density at radius 2 is 0.818 bits per heavy atom. The summed E-state index contributed by atoms with van der Waals surface area (Å²) in [5.74, 6) is 0. The molecule has 0 atom stereocenters. The molecule has 0 unspecified atom stereocenters. The third-order valence-corrected chi connectivity index (χ3v) is 3.88. The second kappa shape index (κ2) is 15.3. The van der Waals surface area contributed by atoms with E-state index >= 15 is 0 Å². The molecule has 0 aromatic rings. The van der Waals surface area contributed by atoms with Crippen molar-refractivity contribution in [2.75, 3.05) is 53.1 Å². The minimum absolute atomic E-state index is 0.0312. The SMILES string of the molecule is CC[N+](CC)(CO)CO.CC[N+](CC)(CO)CO.O=[Si]([O-])[O-]. The van der Waals surface area contributed by atoms with Crippen LogP contribution in [0.1, 0.15) is 27.7 Å². The first kappa shape index (κ1) is 26.3. The number of quaternary nitrogens is 2. The molecule has 0 aliphatic heterocycles. The first-order chi connectivity index (χ1) is 10.2. The van der Waals surface area contributed by atoms with Crippen LogP contribution < -0.4 is 9.59 Å². The lowest BCUT2D eigenvalue weighted by molar-refractivity contribution is -0.958. The summed E-state index contributed by atoms with van der Waals surface area (Å²) in [4.78, 5) is 17.0. The van der Waals surface area contributed by atoms with Crippen LogP contribution in [-0.2, 0) is 4.46 Å². The Morgan fingerprint density at radius 1 is 0.682 bits per heavy atom. The molecule has 0 saturated carbocycles. The van der Waals surface area contributed by atoms with Crippen molar-refractivity contribution in [3.63, 3.8) is 0 Å². The van der Waals surface area contributed by atoms with Gasteiger partial charge in [-0.2, -0.15) is 0 Å². The van der Waals surface area contributed by atoms with Gasteiger partial charge in [-0.15, -0.1) is 0 Å². The third-order valence-electron chi connectivity index (χ3n) is 3.88. The molecule has 136 valence electrons. The van der Waals surface area contributed by atoms with E-state index in [1.54, 1.807) is 0 Å². The first-order valence-corrected chi connectivity index (χ1v) is 8.46. The van der Waals surface area contributed by atoms with E-state index in [2.05, 4.69) is 0 Å². The van der Waals surface area contributed by atoms with E-state index in [1.807, 2.05) is 27.7 Å². The number of aliphatic hydroxyl groups excluding tert-OH is 4. The number of hydrogen-bond acceptors (Lipinski definition) is 7. The zero-order chi connectivity index (χ0) is 18.2. The van der Waals surface area contributed by atoms with Crippen molar-refractivity contribution in [3.8, 4) is 0 Å². The molecule has 0 rings (SSSR count). The zero-order valence-electron chi connectivity index (χ0n) is 14.1. The number of aliphatic hydroxyl groups is 4. The van der Waals surface area contributed by atoms with Crippen molar-refractivity contribution in [1.82, 2.24) is 0 Å². The number of nitrogens with zero attached hydrogens (tertiary/aromatic N) is 2. The summed E-state index contributed by atoms with van der Waals surface area (Å²) < 4.78 is 9.30. The molecular weight excluding hydrogens is 312 g/mol. The fraction of sp³-hybridized carbons (Fsp3) is 1.00. The minimum atomic E-state index is -3.63. The lowest BCUT2D eigenvalue weighted by atomic mass is 10.4. The topological polar surface area (TPSA) is 144 Å². The van der Waals surface area contributed by atoms with E-state index in [-0.39, 0.29) is 26.9 Å². The average Bonchev–Trinajstić information content (AvgIpc) is 2.53. The maximum absolute atomic E-state index is 8.79. The van der Waals surface area contributed by atoms with Crippen molar-refractivity contribution in [3.05, 3.63) is 0 Å². The van der Waals surface area contributed by atoms with Gasteiger partial charge in [0.1, 0.15) is 0 Å². The fourth-order valence-electron chi connectivity index (χ4n) is 1.34. The Balaban J connectivity index is -0.000000266. The van der Waals surface area contributed by atoms with Crippen LogP contribution in [0.4, 0.5) is 0 Å². The van der Waals surface area contributed by atoms with Gasteiger partial charge in [-0.3, -0.25) is 8.97 Å². The van der Waals surface area contributed by atoms with Gasteiger partial charge in [0, 0.05) is 9.17 Å². The van der Waals surface area contributed by atoms with E-state index in [0.29, 0.717) is 8.97 Å². The van der Waals surface area contributed by atoms with Crippen molar-refractivity contribution >= 4 is 9.17 Å². The quantitative estimate of drug-likeness (QED) is 0.204. The molecule has 0 aliphatic rings. The van der Waals surface area contributed by atoms with Gasteiger partial charge in [-0.1, -0.05) is 0 Å². The van der Waals surface area contributed by atoms with E-state index in [0.717, 1.165) is 26.2 Å². The van der Waals surface area contributed by atoms with Gasteiger partial charge in [-0.25, -0.2) is 0 Å². The molecule has 0 heterocycles. The van der Waals surface area contributed by atoms with Gasteiger partial charge < -0.3 is 34.5 Å². The summed E-state index contributed by atoms with van der Waals surface area (Å²) in [6, 6.07) is 0. The Hall–Kier alpha value is -0.623. The lowest BCUT2D eigenvalue weighted by Gasteiger charge is -2.31. The van der Waals surface area contributed by atoms with Crippen molar-refractivity contribution < 1.29 is 43.4 Å². The van der Waals surface area contributed by atoms with Crippen LogP contribution in [0.25, 0.3) is 0 Å². The highest BCUT2D eigenvalue weighted by molar-refractivity contribution is 6.17. The maximum Gasteiger partial charge on any atom is 0.182 e. The minimum Gasteiger partial charge on any atom is -0.672 e.